The van der Waals surface area contributed by atoms with Gasteiger partial charge in [-0.1, -0.05) is 122 Å². The topological polar surface area (TPSA) is 111 Å². The van der Waals surface area contributed by atoms with Gasteiger partial charge in [-0.3, -0.25) is 14.2 Å². The Bertz CT molecular complexity index is 886. The normalized spacial score (nSPS) is 14.0. The molecule has 48 heavy (non-hydrogen) atoms. The van der Waals surface area contributed by atoms with Crippen LogP contribution in [0.25, 0.3) is 0 Å². The molecule has 0 aromatic heterocycles. The highest BCUT2D eigenvalue weighted by molar-refractivity contribution is 7.45. The van der Waals surface area contributed by atoms with Gasteiger partial charge in [-0.2, -0.15) is 0 Å². The highest BCUT2D eigenvalue weighted by atomic mass is 31.2. The lowest BCUT2D eigenvalue weighted by atomic mass is 10.1. The van der Waals surface area contributed by atoms with E-state index in [1.165, 1.54) is 64.2 Å². The zero-order valence-corrected chi connectivity index (χ0v) is 32.3. The van der Waals surface area contributed by atoms with Crippen LogP contribution in [0, 0.1) is 0 Å². The summed E-state index contributed by atoms with van der Waals surface area (Å²) >= 11 is 0. The molecule has 0 fully saturated rings. The number of hydrogen-bond acceptors (Lipinski definition) is 8. The number of hydrogen-bond donors (Lipinski definition) is 0. The maximum atomic E-state index is 12.6. The maximum Gasteiger partial charge on any atom is 0.306 e. The van der Waals surface area contributed by atoms with Crippen LogP contribution in [0.2, 0.25) is 0 Å². The summed E-state index contributed by atoms with van der Waals surface area (Å²) in [7, 11) is 1.15. The first-order valence-corrected chi connectivity index (χ1v) is 20.5. The summed E-state index contributed by atoms with van der Waals surface area (Å²) in [5, 5.41) is 0. The van der Waals surface area contributed by atoms with Crippen LogP contribution in [0.4, 0.5) is 0 Å². The van der Waals surface area contributed by atoms with Crippen molar-refractivity contribution in [1.82, 2.24) is 0 Å². The smallest absolute Gasteiger partial charge is 0.306 e. The lowest BCUT2D eigenvalue weighted by Crippen LogP contribution is -2.37. The lowest BCUT2D eigenvalue weighted by molar-refractivity contribution is -0.870. The van der Waals surface area contributed by atoms with Crippen molar-refractivity contribution in [2.45, 2.75) is 161 Å². The van der Waals surface area contributed by atoms with E-state index in [-0.39, 0.29) is 26.1 Å². The molecule has 2 atom stereocenters. The Morgan fingerprint density at radius 1 is 0.646 bits per heavy atom. The molecule has 0 aromatic rings. The van der Waals surface area contributed by atoms with Gasteiger partial charge in [0.2, 0.25) is 0 Å². The number of rotatable bonds is 34. The number of nitrogens with zero attached hydrogens (tertiary/aromatic N) is 1. The van der Waals surface area contributed by atoms with Gasteiger partial charge in [0.05, 0.1) is 27.7 Å². The van der Waals surface area contributed by atoms with Crippen LogP contribution in [0.15, 0.2) is 24.3 Å². The summed E-state index contributed by atoms with van der Waals surface area (Å²) in [6, 6.07) is 0. The second-order valence-corrected chi connectivity index (χ2v) is 15.4. The van der Waals surface area contributed by atoms with E-state index in [2.05, 4.69) is 38.2 Å². The van der Waals surface area contributed by atoms with Crippen molar-refractivity contribution >= 4 is 19.8 Å². The van der Waals surface area contributed by atoms with Crippen molar-refractivity contribution in [3.05, 3.63) is 24.3 Å². The van der Waals surface area contributed by atoms with Crippen molar-refractivity contribution in [3.8, 4) is 0 Å². The molecule has 0 rings (SSSR count). The Morgan fingerprint density at radius 3 is 1.69 bits per heavy atom. The number of unbranched alkanes of at least 4 members (excludes halogenated alkanes) is 16. The number of carbonyl (C=O) groups excluding carboxylic acids is 2. The van der Waals surface area contributed by atoms with E-state index in [9.17, 15) is 19.0 Å². The summed E-state index contributed by atoms with van der Waals surface area (Å²) < 4.78 is 33.7. The molecular weight excluding hydrogens is 629 g/mol. The molecule has 9 nitrogen and oxygen atoms in total. The molecule has 0 spiro atoms. The van der Waals surface area contributed by atoms with E-state index < -0.39 is 32.5 Å². The van der Waals surface area contributed by atoms with Crippen LogP contribution in [-0.2, 0) is 32.7 Å². The zero-order valence-electron chi connectivity index (χ0n) is 31.4. The minimum Gasteiger partial charge on any atom is -0.756 e. The number of carbonyl (C=O) groups is 2. The van der Waals surface area contributed by atoms with Crippen LogP contribution >= 0.6 is 7.82 Å². The minimum atomic E-state index is -4.61. The Morgan fingerprint density at radius 2 is 1.12 bits per heavy atom. The van der Waals surface area contributed by atoms with Crippen molar-refractivity contribution in [2.24, 2.45) is 0 Å². The monoisotopic (exact) mass is 701 g/mol. The van der Waals surface area contributed by atoms with Crippen LogP contribution in [0.5, 0.6) is 0 Å². The molecule has 0 aromatic carbocycles. The predicted octanol–water partition coefficient (Wildman–Crippen LogP) is 9.38. The lowest BCUT2D eigenvalue weighted by Gasteiger charge is -2.28. The molecule has 0 aliphatic rings. The average molecular weight is 702 g/mol. The summed E-state index contributed by atoms with van der Waals surface area (Å²) in [6.07, 6.45) is 30.6. The second kappa shape index (κ2) is 31.5. The summed E-state index contributed by atoms with van der Waals surface area (Å²) in [4.78, 5) is 37.2. The molecule has 0 radical (unpaired) electrons. The Hall–Kier alpha value is -1.51. The third kappa shape index (κ3) is 34.4. The number of esters is 2. The Labute approximate surface area is 294 Å². The molecule has 10 heteroatoms. The van der Waals surface area contributed by atoms with E-state index in [0.717, 1.165) is 57.8 Å². The molecule has 1 unspecified atom stereocenters. The molecule has 0 heterocycles. The maximum absolute atomic E-state index is 12.6. The molecule has 0 aliphatic carbocycles. The predicted molar refractivity (Wildman–Crippen MR) is 194 cm³/mol. The van der Waals surface area contributed by atoms with E-state index in [4.69, 9.17) is 18.5 Å². The number of phosphoric ester groups is 1. The van der Waals surface area contributed by atoms with E-state index in [1.54, 1.807) is 0 Å². The Balaban J connectivity index is 4.45. The molecule has 0 N–H and O–H groups in total. The van der Waals surface area contributed by atoms with Crippen molar-refractivity contribution in [2.75, 3.05) is 47.5 Å². The fraction of sp³-hybridized carbons (Fsp3) is 0.842. The number of quaternary nitrogens is 1. The molecule has 0 aliphatic heterocycles. The van der Waals surface area contributed by atoms with Crippen LogP contribution < -0.4 is 4.89 Å². The molecule has 0 saturated carbocycles. The molecular formula is C38H72NO8P. The third-order valence-corrected chi connectivity index (χ3v) is 8.94. The highest BCUT2D eigenvalue weighted by Crippen LogP contribution is 2.38. The molecule has 0 bridgehead atoms. The quantitative estimate of drug-likeness (QED) is 0.0215. The number of likely N-dealkylation sites (N-methyl/N-ethyl adjacent to an activating group) is 1. The number of allylic oxidation sites excluding steroid dienone is 4. The van der Waals surface area contributed by atoms with Gasteiger partial charge >= 0.3 is 11.9 Å². The third-order valence-electron chi connectivity index (χ3n) is 7.97. The first kappa shape index (κ1) is 46.5. The van der Waals surface area contributed by atoms with Gasteiger partial charge in [-0.05, 0) is 44.9 Å². The van der Waals surface area contributed by atoms with Gasteiger partial charge in [0.15, 0.2) is 6.10 Å². The first-order valence-electron chi connectivity index (χ1n) is 19.0. The van der Waals surface area contributed by atoms with Gasteiger partial charge in [0.25, 0.3) is 7.82 Å². The highest BCUT2D eigenvalue weighted by Gasteiger charge is 2.21. The van der Waals surface area contributed by atoms with Gasteiger partial charge < -0.3 is 27.9 Å². The van der Waals surface area contributed by atoms with Crippen LogP contribution in [-0.4, -0.2) is 70.0 Å². The van der Waals surface area contributed by atoms with Crippen LogP contribution in [0.1, 0.15) is 155 Å². The largest absolute Gasteiger partial charge is 0.756 e. The second-order valence-electron chi connectivity index (χ2n) is 13.9. The molecule has 0 saturated heterocycles. The Kier molecular flexibility index (Phi) is 30.5. The van der Waals surface area contributed by atoms with Crippen molar-refractivity contribution in [3.63, 3.8) is 0 Å². The van der Waals surface area contributed by atoms with E-state index >= 15 is 0 Å². The minimum absolute atomic E-state index is 0.0325. The molecule has 0 amide bonds. The number of ether oxygens (including phenoxy) is 2. The van der Waals surface area contributed by atoms with Gasteiger partial charge in [0, 0.05) is 12.8 Å². The van der Waals surface area contributed by atoms with Gasteiger partial charge in [0.1, 0.15) is 19.8 Å². The standard InChI is InChI=1S/C38H72NO8P/c1-6-8-10-12-14-16-17-18-19-20-21-23-25-27-29-31-38(41)47-36(35-46-48(42,43)45-33-32-39(3,4)5)34-44-37(40)30-28-26-24-22-15-13-11-9-7-2/h14,16,18-19,36H,6-13,15,17,20-35H2,1-5H3/b16-14+,19-18+/t36-/m1/s1. The van der Waals surface area contributed by atoms with Crippen molar-refractivity contribution < 1.29 is 42.1 Å². The average Bonchev–Trinajstić information content (AvgIpc) is 3.02. The first-order chi connectivity index (χ1) is 23.0. The molecule has 282 valence electrons. The number of phosphoric acid groups is 1. The summed E-state index contributed by atoms with van der Waals surface area (Å²) in [5.74, 6) is -0.854. The fourth-order valence-electron chi connectivity index (χ4n) is 4.92. The SMILES string of the molecule is CCCCC/C=C/C/C=C/CCCCCCCC(=O)O[C@H](COC(=O)CCCCCCCCCCC)COP(=O)([O-])OCC[N+](C)(C)C. The zero-order chi connectivity index (χ0) is 35.8. The van der Waals surface area contributed by atoms with Crippen LogP contribution in [0.3, 0.4) is 0 Å². The van der Waals surface area contributed by atoms with Gasteiger partial charge in [-0.15, -0.1) is 0 Å². The fourth-order valence-corrected chi connectivity index (χ4v) is 5.65. The van der Waals surface area contributed by atoms with Crippen molar-refractivity contribution in [1.29, 1.82) is 0 Å². The summed E-state index contributed by atoms with van der Waals surface area (Å²) in [6.45, 7) is 4.14. The van der Waals surface area contributed by atoms with E-state index in [1.807, 2.05) is 21.1 Å². The van der Waals surface area contributed by atoms with E-state index in [0.29, 0.717) is 17.4 Å². The van der Waals surface area contributed by atoms with Gasteiger partial charge in [-0.25, -0.2) is 0 Å². The summed E-state index contributed by atoms with van der Waals surface area (Å²) in [5.41, 5.74) is 0.